The predicted octanol–water partition coefficient (Wildman–Crippen LogP) is 6.06. The Morgan fingerprint density at radius 2 is 1.73 bits per heavy atom. The van der Waals surface area contributed by atoms with Crippen molar-refractivity contribution in [2.45, 2.75) is 19.9 Å². The second-order valence-corrected chi connectivity index (χ2v) is 8.67. The van der Waals surface area contributed by atoms with Crippen LogP contribution in [0.15, 0.2) is 78.5 Å². The summed E-state index contributed by atoms with van der Waals surface area (Å²) in [5.74, 6) is -1.65. The molecule has 3 aromatic carbocycles. The molecular formula is C27H21ClN2O3. The number of benzene rings is 3. The normalized spacial score (nSPS) is 17.8. The number of H-pyrrole nitrogens is 1. The van der Waals surface area contributed by atoms with Gasteiger partial charge in [0.15, 0.2) is 0 Å². The zero-order valence-electron chi connectivity index (χ0n) is 18.1. The van der Waals surface area contributed by atoms with Gasteiger partial charge in [-0.25, -0.2) is 0 Å². The van der Waals surface area contributed by atoms with E-state index in [-0.39, 0.29) is 11.3 Å². The Labute approximate surface area is 195 Å². The highest BCUT2D eigenvalue weighted by Gasteiger charge is 2.47. The number of para-hydroxylation sites is 1. The lowest BCUT2D eigenvalue weighted by molar-refractivity contribution is -0.132. The number of Topliss-reactive ketones (excluding diaryl/α,β-unsaturated/α-hetero) is 1. The Hall–Kier alpha value is -3.83. The number of halogens is 1. The summed E-state index contributed by atoms with van der Waals surface area (Å²) in [5, 5.41) is 12.6. The zero-order chi connectivity index (χ0) is 23.3. The summed E-state index contributed by atoms with van der Waals surface area (Å²) in [4.78, 5) is 31.3. The maximum atomic E-state index is 13.3. The molecule has 0 spiro atoms. The first-order chi connectivity index (χ1) is 15.9. The number of aliphatic hydroxyl groups is 1. The molecule has 1 saturated heterocycles. The summed E-state index contributed by atoms with van der Waals surface area (Å²) in [6, 6.07) is 19.3. The van der Waals surface area contributed by atoms with E-state index >= 15 is 0 Å². The maximum Gasteiger partial charge on any atom is 0.300 e. The fraction of sp³-hybridized carbons (Fsp3) is 0.111. The number of nitrogens with zero attached hydrogens (tertiary/aromatic N) is 1. The first-order valence-electron chi connectivity index (χ1n) is 10.6. The molecule has 164 valence electrons. The van der Waals surface area contributed by atoms with Crippen LogP contribution in [0, 0.1) is 13.8 Å². The molecule has 2 N–H and O–H groups in total. The number of aliphatic hydroxyl groups excluding tert-OH is 1. The number of carbonyl (C=O) groups excluding carboxylic acids is 2. The minimum Gasteiger partial charge on any atom is -0.507 e. The molecule has 0 aliphatic carbocycles. The van der Waals surface area contributed by atoms with Gasteiger partial charge in [-0.2, -0.15) is 0 Å². The number of aryl methyl sites for hydroxylation is 2. The number of aromatic nitrogens is 1. The molecule has 1 aromatic heterocycles. The van der Waals surface area contributed by atoms with Gasteiger partial charge in [0.05, 0.1) is 11.6 Å². The van der Waals surface area contributed by atoms with Gasteiger partial charge in [0.25, 0.3) is 11.7 Å². The Balaban J connectivity index is 1.78. The molecule has 1 amide bonds. The number of hydrogen-bond acceptors (Lipinski definition) is 3. The van der Waals surface area contributed by atoms with Crippen LogP contribution >= 0.6 is 11.6 Å². The molecule has 1 unspecified atom stereocenters. The summed E-state index contributed by atoms with van der Waals surface area (Å²) in [5.41, 5.74) is 4.49. The van der Waals surface area contributed by atoms with Crippen molar-refractivity contribution in [3.8, 4) is 0 Å². The van der Waals surface area contributed by atoms with Gasteiger partial charge in [0, 0.05) is 38.9 Å². The summed E-state index contributed by atoms with van der Waals surface area (Å²) in [7, 11) is 0. The van der Waals surface area contributed by atoms with Crippen molar-refractivity contribution >= 4 is 45.6 Å². The first kappa shape index (κ1) is 21.0. The van der Waals surface area contributed by atoms with E-state index in [0.717, 1.165) is 27.6 Å². The van der Waals surface area contributed by atoms with Crippen LogP contribution in [0.4, 0.5) is 5.69 Å². The van der Waals surface area contributed by atoms with Crippen LogP contribution in [-0.2, 0) is 9.59 Å². The highest BCUT2D eigenvalue weighted by molar-refractivity contribution is 6.52. The van der Waals surface area contributed by atoms with E-state index in [1.165, 1.54) is 4.90 Å². The lowest BCUT2D eigenvalue weighted by Crippen LogP contribution is -2.29. The number of ketones is 1. The number of hydrogen-bond donors (Lipinski definition) is 2. The molecule has 6 heteroatoms. The van der Waals surface area contributed by atoms with Gasteiger partial charge in [-0.1, -0.05) is 65.7 Å². The van der Waals surface area contributed by atoms with Gasteiger partial charge in [0.1, 0.15) is 5.76 Å². The summed E-state index contributed by atoms with van der Waals surface area (Å²) < 4.78 is 0. The fourth-order valence-corrected chi connectivity index (χ4v) is 4.49. The number of rotatable bonds is 3. The van der Waals surface area contributed by atoms with Gasteiger partial charge in [-0.05, 0) is 37.6 Å². The molecule has 0 radical (unpaired) electrons. The van der Waals surface area contributed by atoms with E-state index in [4.69, 9.17) is 11.6 Å². The van der Waals surface area contributed by atoms with E-state index in [1.807, 2.05) is 56.3 Å². The largest absolute Gasteiger partial charge is 0.507 e. The second kappa shape index (κ2) is 7.94. The van der Waals surface area contributed by atoms with Gasteiger partial charge >= 0.3 is 0 Å². The number of aromatic amines is 1. The lowest BCUT2D eigenvalue weighted by Gasteiger charge is -2.25. The topological polar surface area (TPSA) is 73.4 Å². The number of nitrogens with one attached hydrogen (secondary N) is 1. The third-order valence-corrected chi connectivity index (χ3v) is 6.53. The van der Waals surface area contributed by atoms with Crippen molar-refractivity contribution in [1.82, 2.24) is 4.98 Å². The van der Waals surface area contributed by atoms with Crippen LogP contribution in [-0.4, -0.2) is 21.8 Å². The van der Waals surface area contributed by atoms with E-state index in [1.54, 1.807) is 30.5 Å². The number of fused-ring (bicyclic) bond motifs is 1. The summed E-state index contributed by atoms with van der Waals surface area (Å²) in [6.45, 7) is 3.81. The van der Waals surface area contributed by atoms with Gasteiger partial charge in [-0.15, -0.1) is 0 Å². The molecule has 1 aliphatic heterocycles. The van der Waals surface area contributed by atoms with E-state index in [9.17, 15) is 14.7 Å². The van der Waals surface area contributed by atoms with Gasteiger partial charge < -0.3 is 10.1 Å². The quantitative estimate of drug-likeness (QED) is 0.223. The molecule has 1 atom stereocenters. The SMILES string of the molecule is Cc1ccc(/C(O)=C2\C(=O)C(=O)N(c3ccc(C)c(Cl)c3)C2c2c[nH]c3ccccc23)cc1. The molecule has 2 heterocycles. The molecule has 0 bridgehead atoms. The van der Waals surface area contributed by atoms with E-state index in [2.05, 4.69) is 4.98 Å². The molecule has 33 heavy (non-hydrogen) atoms. The van der Waals surface area contributed by atoms with Gasteiger partial charge in [-0.3, -0.25) is 14.5 Å². The Morgan fingerprint density at radius 3 is 2.45 bits per heavy atom. The number of amides is 1. The molecule has 1 fully saturated rings. The Bertz CT molecular complexity index is 1450. The molecular weight excluding hydrogens is 436 g/mol. The van der Waals surface area contributed by atoms with Crippen LogP contribution < -0.4 is 4.90 Å². The van der Waals surface area contributed by atoms with Crippen molar-refractivity contribution in [3.05, 3.63) is 106 Å². The Morgan fingerprint density at radius 1 is 1.00 bits per heavy atom. The predicted molar refractivity (Wildman–Crippen MR) is 130 cm³/mol. The molecule has 4 aromatic rings. The third kappa shape index (κ3) is 3.41. The first-order valence-corrected chi connectivity index (χ1v) is 10.9. The number of carbonyl (C=O) groups is 2. The second-order valence-electron chi connectivity index (χ2n) is 8.26. The van der Waals surface area contributed by atoms with E-state index in [0.29, 0.717) is 16.3 Å². The zero-order valence-corrected chi connectivity index (χ0v) is 18.9. The van der Waals surface area contributed by atoms with Crippen LogP contribution in [0.2, 0.25) is 5.02 Å². The Kier molecular flexibility index (Phi) is 5.06. The molecule has 5 rings (SSSR count). The average Bonchev–Trinajstić information content (AvgIpc) is 3.34. The van der Waals surface area contributed by atoms with Crippen LogP contribution in [0.1, 0.15) is 28.3 Å². The standard InChI is InChI=1S/C27H21ClN2O3/c1-15-7-10-17(11-8-15)25(31)23-24(20-14-29-22-6-4-3-5-19(20)22)30(27(33)26(23)32)18-12-9-16(2)21(28)13-18/h3-14,24,29,31H,1-2H3/b25-23+. The van der Waals surface area contributed by atoms with Crippen molar-refractivity contribution in [2.75, 3.05) is 4.90 Å². The minimum absolute atomic E-state index is 0.0466. The third-order valence-electron chi connectivity index (χ3n) is 6.12. The summed E-state index contributed by atoms with van der Waals surface area (Å²) >= 11 is 6.36. The van der Waals surface area contributed by atoms with Crippen molar-refractivity contribution in [3.63, 3.8) is 0 Å². The van der Waals surface area contributed by atoms with Crippen LogP contribution in [0.5, 0.6) is 0 Å². The van der Waals surface area contributed by atoms with Crippen molar-refractivity contribution in [1.29, 1.82) is 0 Å². The maximum absolute atomic E-state index is 13.3. The minimum atomic E-state index is -0.818. The highest BCUT2D eigenvalue weighted by atomic mass is 35.5. The molecule has 1 aliphatic rings. The summed E-state index contributed by atoms with van der Waals surface area (Å²) in [6.07, 6.45) is 1.78. The molecule has 0 saturated carbocycles. The van der Waals surface area contributed by atoms with Crippen molar-refractivity contribution < 1.29 is 14.7 Å². The van der Waals surface area contributed by atoms with Crippen molar-refractivity contribution in [2.24, 2.45) is 0 Å². The molecule has 5 nitrogen and oxygen atoms in total. The monoisotopic (exact) mass is 456 g/mol. The highest BCUT2D eigenvalue weighted by Crippen LogP contribution is 2.44. The van der Waals surface area contributed by atoms with E-state index < -0.39 is 17.7 Å². The smallest absolute Gasteiger partial charge is 0.300 e. The lowest BCUT2D eigenvalue weighted by atomic mass is 9.94. The van der Waals surface area contributed by atoms with Crippen LogP contribution in [0.25, 0.3) is 16.7 Å². The number of anilines is 1. The fourth-order valence-electron chi connectivity index (χ4n) is 4.31. The van der Waals surface area contributed by atoms with Gasteiger partial charge in [0.2, 0.25) is 0 Å². The average molecular weight is 457 g/mol. The van der Waals surface area contributed by atoms with Crippen LogP contribution in [0.3, 0.4) is 0 Å².